The van der Waals surface area contributed by atoms with Gasteiger partial charge in [0.1, 0.15) is 11.6 Å². The minimum Gasteiger partial charge on any atom is -0.299 e. The molecule has 0 saturated heterocycles. The molecule has 0 radical (unpaired) electrons. The summed E-state index contributed by atoms with van der Waals surface area (Å²) in [4.78, 5) is 12.4. The Kier molecular flexibility index (Phi) is 2.63. The molecule has 3 heteroatoms. The summed E-state index contributed by atoms with van der Waals surface area (Å²) >= 11 is 3.41. The summed E-state index contributed by atoms with van der Waals surface area (Å²) < 4.78 is 14.1. The van der Waals surface area contributed by atoms with Gasteiger partial charge in [-0.3, -0.25) is 4.79 Å². The lowest BCUT2D eigenvalue weighted by Gasteiger charge is -2.09. The van der Waals surface area contributed by atoms with Crippen molar-refractivity contribution in [3.63, 3.8) is 0 Å². The molecule has 1 aromatic carbocycles. The fourth-order valence-electron chi connectivity index (χ4n) is 4.74. The van der Waals surface area contributed by atoms with Gasteiger partial charge in [0.25, 0.3) is 0 Å². The summed E-state index contributed by atoms with van der Waals surface area (Å²) in [5.41, 5.74) is 0.794. The number of halogens is 2. The zero-order valence-electron chi connectivity index (χ0n) is 10.6. The van der Waals surface area contributed by atoms with Gasteiger partial charge in [-0.05, 0) is 66.7 Å². The molecule has 1 nitrogen and oxygen atoms in total. The average Bonchev–Trinajstić information content (AvgIpc) is 2.83. The van der Waals surface area contributed by atoms with Crippen molar-refractivity contribution >= 4 is 21.7 Å². The van der Waals surface area contributed by atoms with E-state index in [0.29, 0.717) is 30.0 Å². The number of fused-ring (bicyclic) bond motifs is 5. The standard InChI is InChI=1S/C16H16BrFO/c17-12-4-3-11(18)6-10(12)7-13(19)16-14-8-1-2-9(5-8)15(14)16/h3-4,6,8-9,14-16H,1-2,5,7H2. The maximum Gasteiger partial charge on any atom is 0.140 e. The lowest BCUT2D eigenvalue weighted by molar-refractivity contribution is -0.120. The van der Waals surface area contributed by atoms with Crippen molar-refractivity contribution in [1.29, 1.82) is 0 Å². The number of hydrogen-bond acceptors (Lipinski definition) is 1. The Balaban J connectivity index is 1.50. The summed E-state index contributed by atoms with van der Waals surface area (Å²) in [6.07, 6.45) is 4.41. The molecule has 3 aliphatic rings. The maximum atomic E-state index is 13.2. The van der Waals surface area contributed by atoms with E-state index in [-0.39, 0.29) is 5.82 Å². The number of benzene rings is 1. The summed E-state index contributed by atoms with van der Waals surface area (Å²) in [6, 6.07) is 4.59. The minimum atomic E-state index is -0.262. The van der Waals surface area contributed by atoms with E-state index in [1.165, 1.54) is 31.4 Å². The second-order valence-corrected chi connectivity index (χ2v) is 7.25. The molecule has 0 amide bonds. The number of Topliss-reactive ketones (excluding diaryl/α,β-unsaturated/α-hetero) is 1. The fourth-order valence-corrected chi connectivity index (χ4v) is 5.13. The number of carbonyl (C=O) groups excluding carboxylic acids is 1. The van der Waals surface area contributed by atoms with Crippen molar-refractivity contribution in [2.24, 2.45) is 29.6 Å². The molecule has 0 spiro atoms. The van der Waals surface area contributed by atoms with E-state index in [9.17, 15) is 9.18 Å². The molecular weight excluding hydrogens is 307 g/mol. The van der Waals surface area contributed by atoms with Crippen LogP contribution in [0.5, 0.6) is 0 Å². The Labute approximate surface area is 120 Å². The van der Waals surface area contributed by atoms with Gasteiger partial charge >= 0.3 is 0 Å². The Morgan fingerprint density at radius 2 is 1.95 bits per heavy atom. The van der Waals surface area contributed by atoms with Crippen molar-refractivity contribution in [3.8, 4) is 0 Å². The quantitative estimate of drug-likeness (QED) is 0.822. The number of rotatable bonds is 3. The molecule has 0 N–H and O–H groups in total. The van der Waals surface area contributed by atoms with Gasteiger partial charge in [-0.2, -0.15) is 0 Å². The second kappa shape index (κ2) is 4.15. The van der Waals surface area contributed by atoms with E-state index in [1.807, 2.05) is 0 Å². The van der Waals surface area contributed by atoms with Gasteiger partial charge in [0, 0.05) is 16.8 Å². The highest BCUT2D eigenvalue weighted by Gasteiger charge is 2.66. The molecule has 2 bridgehead atoms. The molecule has 1 aromatic rings. The fraction of sp³-hybridized carbons (Fsp3) is 0.562. The molecule has 4 unspecified atom stereocenters. The second-order valence-electron chi connectivity index (χ2n) is 6.39. The van der Waals surface area contributed by atoms with Crippen LogP contribution >= 0.6 is 15.9 Å². The largest absolute Gasteiger partial charge is 0.299 e. The predicted molar refractivity (Wildman–Crippen MR) is 74.1 cm³/mol. The van der Waals surface area contributed by atoms with E-state index in [0.717, 1.165) is 21.9 Å². The number of carbonyl (C=O) groups is 1. The summed E-state index contributed by atoms with van der Waals surface area (Å²) in [5, 5.41) is 0. The van der Waals surface area contributed by atoms with E-state index in [4.69, 9.17) is 0 Å². The van der Waals surface area contributed by atoms with Crippen LogP contribution in [0.1, 0.15) is 24.8 Å². The van der Waals surface area contributed by atoms with Crippen LogP contribution in [0.15, 0.2) is 22.7 Å². The van der Waals surface area contributed by atoms with Crippen molar-refractivity contribution < 1.29 is 9.18 Å². The molecule has 0 aromatic heterocycles. The van der Waals surface area contributed by atoms with E-state index >= 15 is 0 Å². The van der Waals surface area contributed by atoms with Gasteiger partial charge in [0.15, 0.2) is 0 Å². The zero-order chi connectivity index (χ0) is 13.1. The van der Waals surface area contributed by atoms with Crippen LogP contribution in [0, 0.1) is 35.4 Å². The molecule has 100 valence electrons. The number of hydrogen-bond donors (Lipinski definition) is 0. The lowest BCUT2D eigenvalue weighted by Crippen LogP contribution is -2.12. The first-order valence-electron chi connectivity index (χ1n) is 7.12. The third-order valence-corrected chi connectivity index (χ3v) is 6.25. The van der Waals surface area contributed by atoms with Gasteiger partial charge in [-0.1, -0.05) is 15.9 Å². The Morgan fingerprint density at radius 3 is 2.63 bits per heavy atom. The zero-order valence-corrected chi connectivity index (χ0v) is 12.2. The molecular formula is C16H16BrFO. The van der Waals surface area contributed by atoms with Crippen LogP contribution in [-0.2, 0) is 11.2 Å². The smallest absolute Gasteiger partial charge is 0.140 e. The van der Waals surface area contributed by atoms with Crippen LogP contribution in [0.25, 0.3) is 0 Å². The predicted octanol–water partition coefficient (Wildman–Crippen LogP) is 3.99. The van der Waals surface area contributed by atoms with E-state index < -0.39 is 0 Å². The van der Waals surface area contributed by atoms with Gasteiger partial charge in [0.2, 0.25) is 0 Å². The van der Waals surface area contributed by atoms with Crippen LogP contribution in [0.4, 0.5) is 4.39 Å². The van der Waals surface area contributed by atoms with Gasteiger partial charge in [-0.25, -0.2) is 4.39 Å². The normalized spacial score (nSPS) is 38.3. The van der Waals surface area contributed by atoms with Crippen molar-refractivity contribution in [2.45, 2.75) is 25.7 Å². The topological polar surface area (TPSA) is 17.1 Å². The van der Waals surface area contributed by atoms with Gasteiger partial charge < -0.3 is 0 Å². The lowest BCUT2D eigenvalue weighted by atomic mass is 9.96. The maximum absolute atomic E-state index is 13.2. The molecule has 0 aliphatic heterocycles. The van der Waals surface area contributed by atoms with Crippen LogP contribution in [0.3, 0.4) is 0 Å². The molecule has 3 aliphatic carbocycles. The Bertz CT molecular complexity index is 540. The van der Waals surface area contributed by atoms with Crippen LogP contribution in [-0.4, -0.2) is 5.78 Å². The van der Waals surface area contributed by atoms with Crippen LogP contribution in [0.2, 0.25) is 0 Å². The first-order valence-corrected chi connectivity index (χ1v) is 7.91. The summed E-state index contributed by atoms with van der Waals surface area (Å²) in [7, 11) is 0. The van der Waals surface area contributed by atoms with E-state index in [2.05, 4.69) is 15.9 Å². The third-order valence-electron chi connectivity index (χ3n) is 5.48. The average molecular weight is 323 g/mol. The molecule has 4 rings (SSSR count). The highest BCUT2D eigenvalue weighted by molar-refractivity contribution is 9.10. The van der Waals surface area contributed by atoms with E-state index in [1.54, 1.807) is 6.07 Å². The molecule has 0 heterocycles. The molecule has 3 fully saturated rings. The molecule has 19 heavy (non-hydrogen) atoms. The molecule has 3 saturated carbocycles. The number of ketones is 1. The monoisotopic (exact) mass is 322 g/mol. The first kappa shape index (κ1) is 12.1. The van der Waals surface area contributed by atoms with Gasteiger partial charge in [-0.15, -0.1) is 0 Å². The van der Waals surface area contributed by atoms with Crippen molar-refractivity contribution in [3.05, 3.63) is 34.1 Å². The highest BCUT2D eigenvalue weighted by Crippen LogP contribution is 2.69. The highest BCUT2D eigenvalue weighted by atomic mass is 79.9. The summed E-state index contributed by atoms with van der Waals surface area (Å²) in [5.74, 6) is 3.36. The van der Waals surface area contributed by atoms with Crippen molar-refractivity contribution in [1.82, 2.24) is 0 Å². The minimum absolute atomic E-state index is 0.262. The first-order chi connectivity index (χ1) is 9.15. The SMILES string of the molecule is O=C(Cc1cc(F)ccc1Br)C1C2C3CCC(C3)C12. The Hall–Kier alpha value is -0.700. The Morgan fingerprint density at radius 1 is 1.26 bits per heavy atom. The van der Waals surface area contributed by atoms with Crippen LogP contribution < -0.4 is 0 Å². The molecule has 4 atom stereocenters. The van der Waals surface area contributed by atoms with Gasteiger partial charge in [0.05, 0.1) is 0 Å². The summed E-state index contributed by atoms with van der Waals surface area (Å²) in [6.45, 7) is 0. The third kappa shape index (κ3) is 1.81. The van der Waals surface area contributed by atoms with Crippen molar-refractivity contribution in [2.75, 3.05) is 0 Å².